The number of phenolic OH excluding ortho intramolecular Hbond substituents is 1. The number of carbonyl (C=O) groups excluding carboxylic acids is 1. The molecular formula is C16H12N2O2S. The van der Waals surface area contributed by atoms with Gasteiger partial charge in [-0.2, -0.15) is 0 Å². The number of aromatic hydroxyl groups is 1. The van der Waals surface area contributed by atoms with Crippen LogP contribution in [0, 0.1) is 0 Å². The van der Waals surface area contributed by atoms with Crippen molar-refractivity contribution in [2.75, 3.05) is 5.32 Å². The third-order valence-electron chi connectivity index (χ3n) is 2.91. The second-order valence-electron chi connectivity index (χ2n) is 4.38. The molecule has 2 aromatic carbocycles. The summed E-state index contributed by atoms with van der Waals surface area (Å²) in [7, 11) is 0. The number of benzene rings is 2. The van der Waals surface area contributed by atoms with E-state index in [1.165, 1.54) is 17.4 Å². The summed E-state index contributed by atoms with van der Waals surface area (Å²) >= 11 is 1.41. The van der Waals surface area contributed by atoms with Crippen LogP contribution in [0.4, 0.5) is 5.69 Å². The van der Waals surface area contributed by atoms with Crippen molar-refractivity contribution in [1.29, 1.82) is 0 Å². The number of hydrogen-bond donors (Lipinski definition) is 2. The number of carbonyl (C=O) groups is 1. The van der Waals surface area contributed by atoms with Crippen molar-refractivity contribution in [2.45, 2.75) is 0 Å². The first-order valence-corrected chi connectivity index (χ1v) is 7.22. The number of thiazole rings is 1. The van der Waals surface area contributed by atoms with Crippen LogP contribution in [0.2, 0.25) is 0 Å². The number of para-hydroxylation sites is 2. The lowest BCUT2D eigenvalue weighted by molar-refractivity contribution is 0.102. The molecule has 0 saturated carbocycles. The van der Waals surface area contributed by atoms with Crippen LogP contribution in [0.15, 0.2) is 60.0 Å². The van der Waals surface area contributed by atoms with E-state index >= 15 is 0 Å². The average molecular weight is 296 g/mol. The number of amides is 1. The van der Waals surface area contributed by atoms with Crippen LogP contribution in [0.3, 0.4) is 0 Å². The van der Waals surface area contributed by atoms with E-state index in [1.54, 1.807) is 23.6 Å². The highest BCUT2D eigenvalue weighted by molar-refractivity contribution is 7.13. The third kappa shape index (κ3) is 2.93. The molecule has 0 saturated heterocycles. The number of anilines is 1. The van der Waals surface area contributed by atoms with Crippen LogP contribution < -0.4 is 5.32 Å². The van der Waals surface area contributed by atoms with E-state index in [0.29, 0.717) is 11.4 Å². The molecule has 1 amide bonds. The molecule has 0 spiro atoms. The lowest BCUT2D eigenvalue weighted by Gasteiger charge is -2.04. The molecule has 0 aliphatic carbocycles. The van der Waals surface area contributed by atoms with Gasteiger partial charge in [-0.25, -0.2) is 4.98 Å². The van der Waals surface area contributed by atoms with Gasteiger partial charge in [0.15, 0.2) is 0 Å². The average Bonchev–Trinajstić information content (AvgIpc) is 3.00. The zero-order valence-corrected chi connectivity index (χ0v) is 11.8. The highest BCUT2D eigenvalue weighted by Crippen LogP contribution is 2.25. The maximum atomic E-state index is 12.1. The first kappa shape index (κ1) is 13.3. The Balaban J connectivity index is 1.80. The summed E-state index contributed by atoms with van der Waals surface area (Å²) in [6, 6.07) is 16.3. The van der Waals surface area contributed by atoms with E-state index in [2.05, 4.69) is 10.3 Å². The largest absolute Gasteiger partial charge is 0.506 e. The second-order valence-corrected chi connectivity index (χ2v) is 5.23. The summed E-state index contributed by atoms with van der Waals surface area (Å²) in [4.78, 5) is 16.5. The standard InChI is InChI=1S/C16H12N2O2S/c19-14-9-5-4-8-12(14)17-15(20)13-10-21-16(18-13)11-6-2-1-3-7-11/h1-10,19H,(H,17,20). The van der Waals surface area contributed by atoms with Gasteiger partial charge < -0.3 is 10.4 Å². The Morgan fingerprint density at radius 2 is 1.76 bits per heavy atom. The van der Waals surface area contributed by atoms with Gasteiger partial charge in [0.2, 0.25) is 0 Å². The van der Waals surface area contributed by atoms with Gasteiger partial charge in [0.25, 0.3) is 5.91 Å². The van der Waals surface area contributed by atoms with E-state index in [-0.39, 0.29) is 11.7 Å². The van der Waals surface area contributed by atoms with Gasteiger partial charge in [-0.3, -0.25) is 4.79 Å². The second kappa shape index (κ2) is 5.76. The normalized spacial score (nSPS) is 10.3. The van der Waals surface area contributed by atoms with E-state index in [9.17, 15) is 9.90 Å². The number of nitrogens with zero attached hydrogens (tertiary/aromatic N) is 1. The first-order valence-electron chi connectivity index (χ1n) is 6.34. The molecule has 0 fully saturated rings. The summed E-state index contributed by atoms with van der Waals surface area (Å²) in [6.07, 6.45) is 0. The Morgan fingerprint density at radius 3 is 2.52 bits per heavy atom. The first-order chi connectivity index (χ1) is 10.2. The smallest absolute Gasteiger partial charge is 0.275 e. The van der Waals surface area contributed by atoms with Crippen molar-refractivity contribution >= 4 is 22.9 Å². The molecule has 104 valence electrons. The number of hydrogen-bond acceptors (Lipinski definition) is 4. The predicted octanol–water partition coefficient (Wildman–Crippen LogP) is 3.77. The zero-order valence-electron chi connectivity index (χ0n) is 11.0. The minimum absolute atomic E-state index is 0.0318. The quantitative estimate of drug-likeness (QED) is 0.723. The Bertz CT molecular complexity index is 769. The zero-order chi connectivity index (χ0) is 14.7. The fraction of sp³-hybridized carbons (Fsp3) is 0. The van der Waals surface area contributed by atoms with Crippen molar-refractivity contribution in [1.82, 2.24) is 4.98 Å². The SMILES string of the molecule is O=C(Nc1ccccc1O)c1csc(-c2ccccc2)n1. The van der Waals surface area contributed by atoms with Crippen LogP contribution in [-0.4, -0.2) is 16.0 Å². The Hall–Kier alpha value is -2.66. The van der Waals surface area contributed by atoms with Crippen LogP contribution in [0.1, 0.15) is 10.5 Å². The van der Waals surface area contributed by atoms with Crippen molar-refractivity contribution in [3.8, 4) is 16.3 Å². The van der Waals surface area contributed by atoms with Gasteiger partial charge in [-0.15, -0.1) is 11.3 Å². The van der Waals surface area contributed by atoms with Gasteiger partial charge in [-0.05, 0) is 12.1 Å². The number of rotatable bonds is 3. The van der Waals surface area contributed by atoms with Gasteiger partial charge >= 0.3 is 0 Å². The molecule has 1 aromatic heterocycles. The third-order valence-corrected chi connectivity index (χ3v) is 3.80. The Labute approximate surface area is 125 Å². The molecule has 3 rings (SSSR count). The molecule has 21 heavy (non-hydrogen) atoms. The molecule has 0 aliphatic rings. The predicted molar refractivity (Wildman–Crippen MR) is 83.6 cm³/mol. The number of phenols is 1. The Kier molecular flexibility index (Phi) is 3.66. The summed E-state index contributed by atoms with van der Waals surface area (Å²) in [5.74, 6) is -0.306. The number of nitrogens with one attached hydrogen (secondary N) is 1. The highest BCUT2D eigenvalue weighted by Gasteiger charge is 2.13. The van der Waals surface area contributed by atoms with E-state index < -0.39 is 0 Å². The maximum Gasteiger partial charge on any atom is 0.275 e. The fourth-order valence-corrected chi connectivity index (χ4v) is 2.66. The summed E-state index contributed by atoms with van der Waals surface area (Å²) in [5.41, 5.74) is 1.68. The molecule has 0 radical (unpaired) electrons. The van der Waals surface area contributed by atoms with Crippen molar-refractivity contribution in [3.63, 3.8) is 0 Å². The fourth-order valence-electron chi connectivity index (χ4n) is 1.86. The molecule has 0 bridgehead atoms. The molecule has 0 unspecified atom stereocenters. The molecule has 0 aliphatic heterocycles. The minimum atomic E-state index is -0.338. The van der Waals surface area contributed by atoms with Crippen molar-refractivity contribution in [3.05, 3.63) is 65.7 Å². The molecule has 5 heteroatoms. The van der Waals surface area contributed by atoms with E-state index in [1.807, 2.05) is 30.3 Å². The molecule has 4 nitrogen and oxygen atoms in total. The van der Waals surface area contributed by atoms with Gasteiger partial charge in [0, 0.05) is 10.9 Å². The Morgan fingerprint density at radius 1 is 1.05 bits per heavy atom. The molecule has 1 heterocycles. The molecule has 3 aromatic rings. The van der Waals surface area contributed by atoms with Gasteiger partial charge in [0.1, 0.15) is 16.5 Å². The molecular weight excluding hydrogens is 284 g/mol. The summed E-state index contributed by atoms with van der Waals surface area (Å²) < 4.78 is 0. The van der Waals surface area contributed by atoms with Crippen LogP contribution in [-0.2, 0) is 0 Å². The van der Waals surface area contributed by atoms with E-state index in [0.717, 1.165) is 10.6 Å². The van der Waals surface area contributed by atoms with Crippen molar-refractivity contribution < 1.29 is 9.90 Å². The summed E-state index contributed by atoms with van der Waals surface area (Å²) in [6.45, 7) is 0. The minimum Gasteiger partial charge on any atom is -0.506 e. The van der Waals surface area contributed by atoms with Crippen molar-refractivity contribution in [2.24, 2.45) is 0 Å². The van der Waals surface area contributed by atoms with Gasteiger partial charge in [0.05, 0.1) is 5.69 Å². The van der Waals surface area contributed by atoms with E-state index in [4.69, 9.17) is 0 Å². The van der Waals surface area contributed by atoms with Gasteiger partial charge in [-0.1, -0.05) is 42.5 Å². The topological polar surface area (TPSA) is 62.2 Å². The molecule has 2 N–H and O–H groups in total. The lowest BCUT2D eigenvalue weighted by Crippen LogP contribution is -2.12. The maximum absolute atomic E-state index is 12.1. The monoisotopic (exact) mass is 296 g/mol. The van der Waals surface area contributed by atoms with Crippen LogP contribution >= 0.6 is 11.3 Å². The highest BCUT2D eigenvalue weighted by atomic mass is 32.1. The summed E-state index contributed by atoms with van der Waals surface area (Å²) in [5, 5.41) is 14.8. The lowest BCUT2D eigenvalue weighted by atomic mass is 10.2. The van der Waals surface area contributed by atoms with Crippen LogP contribution in [0.25, 0.3) is 10.6 Å². The van der Waals surface area contributed by atoms with Crippen LogP contribution in [0.5, 0.6) is 5.75 Å². The molecule has 0 atom stereocenters. The number of aromatic nitrogens is 1.